The Balaban J connectivity index is 1.35. The molecule has 0 fully saturated rings. The number of benzene rings is 3. The maximum absolute atomic E-state index is 12.5. The lowest BCUT2D eigenvalue weighted by atomic mass is 10.0. The molecule has 0 saturated heterocycles. The summed E-state index contributed by atoms with van der Waals surface area (Å²) in [4.78, 5) is 16.9. The third-order valence-electron chi connectivity index (χ3n) is 6.10. The van der Waals surface area contributed by atoms with Crippen LogP contribution in [0.4, 0.5) is 27.7 Å². The fourth-order valence-corrected chi connectivity index (χ4v) is 5.52. The lowest BCUT2D eigenvalue weighted by Gasteiger charge is -2.11. The second-order valence-corrected chi connectivity index (χ2v) is 10.2. The molecule has 1 atom stereocenters. The minimum absolute atomic E-state index is 0.175. The van der Waals surface area contributed by atoms with E-state index in [1.165, 1.54) is 0 Å². The number of carbonyl (C=O) groups is 1. The molecule has 2 amide bonds. The number of fused-ring (bicyclic) bond motifs is 1. The first-order chi connectivity index (χ1) is 19.4. The Bertz CT molecular complexity index is 1690. The number of nitrogens with one attached hydrogen (secondary N) is 3. The van der Waals surface area contributed by atoms with Crippen LogP contribution >= 0.6 is 11.3 Å². The summed E-state index contributed by atoms with van der Waals surface area (Å²) >= 11 is -1.04. The van der Waals surface area contributed by atoms with E-state index in [2.05, 4.69) is 25.1 Å². The molecule has 2 aromatic heterocycles. The predicted molar refractivity (Wildman–Crippen MR) is 160 cm³/mol. The number of amides is 2. The van der Waals surface area contributed by atoms with Crippen LogP contribution in [-0.2, 0) is 22.1 Å². The lowest BCUT2D eigenvalue weighted by Crippen LogP contribution is -2.19. The minimum Gasteiger partial charge on any atom is -0.750 e. The second kappa shape index (κ2) is 12.2. The Kier molecular flexibility index (Phi) is 8.34. The zero-order chi connectivity index (χ0) is 28.1. The van der Waals surface area contributed by atoms with Gasteiger partial charge in [0.05, 0.1) is 11.4 Å². The largest absolute Gasteiger partial charge is 0.750 e. The Labute approximate surface area is 236 Å². The molecule has 12 heteroatoms. The average molecular weight is 574 g/mol. The molecule has 0 spiro atoms. The number of hydrogen-bond acceptors (Lipinski definition) is 9. The van der Waals surface area contributed by atoms with Gasteiger partial charge in [-0.2, -0.15) is 0 Å². The Hall–Kier alpha value is -4.33. The van der Waals surface area contributed by atoms with Crippen molar-refractivity contribution in [3.8, 4) is 22.3 Å². The number of nitrogens with two attached hydrogens (primary N) is 2. The zero-order valence-corrected chi connectivity index (χ0v) is 22.7. The molecule has 0 saturated carbocycles. The number of carbonyl (C=O) groups excluding carboxylic acids is 1. The maximum atomic E-state index is 12.5. The molecule has 5 aromatic rings. The highest BCUT2D eigenvalue weighted by molar-refractivity contribution is 7.74. The molecule has 7 N–H and O–H groups in total. The molecule has 5 rings (SSSR count). The topological polar surface area (TPSA) is 167 Å². The van der Waals surface area contributed by atoms with Crippen molar-refractivity contribution < 1.29 is 17.7 Å². The summed E-state index contributed by atoms with van der Waals surface area (Å²) in [5.74, 6) is 0.414. The van der Waals surface area contributed by atoms with Crippen molar-refractivity contribution in [1.82, 2.24) is 4.98 Å². The molecular formula is C28H25N6O4S2-. The monoisotopic (exact) mass is 573 g/mol. The van der Waals surface area contributed by atoms with Crippen molar-refractivity contribution in [3.05, 3.63) is 89.9 Å². The summed E-state index contributed by atoms with van der Waals surface area (Å²) in [7, 11) is 0. The number of pyridine rings is 1. The third kappa shape index (κ3) is 6.28. The highest BCUT2D eigenvalue weighted by atomic mass is 32.2. The number of nitrogens with zero attached hydrogens (tertiary/aromatic N) is 1. The second-order valence-electron chi connectivity index (χ2n) is 8.70. The maximum Gasteiger partial charge on any atom is 0.323 e. The van der Waals surface area contributed by atoms with Gasteiger partial charge in [-0.25, -0.2) is 14.0 Å². The summed E-state index contributed by atoms with van der Waals surface area (Å²) in [6, 6.07) is 22.0. The lowest BCUT2D eigenvalue weighted by molar-refractivity contribution is 0.262. The van der Waals surface area contributed by atoms with E-state index in [0.29, 0.717) is 29.4 Å². The summed E-state index contributed by atoms with van der Waals surface area (Å²) < 4.78 is 26.8. The van der Waals surface area contributed by atoms with Gasteiger partial charge < -0.3 is 32.0 Å². The van der Waals surface area contributed by atoms with E-state index < -0.39 is 11.4 Å². The quantitative estimate of drug-likeness (QED) is 0.114. The van der Waals surface area contributed by atoms with Crippen molar-refractivity contribution in [2.45, 2.75) is 6.54 Å². The average Bonchev–Trinajstić information content (AvgIpc) is 3.40. The number of nitrogen functional groups attached to an aromatic ring is 1. The van der Waals surface area contributed by atoms with Gasteiger partial charge >= 0.3 is 6.03 Å². The first kappa shape index (κ1) is 27.2. The number of urea groups is 1. The van der Waals surface area contributed by atoms with Gasteiger partial charge in [0.25, 0.3) is 0 Å². The third-order valence-corrected chi connectivity index (χ3v) is 7.43. The Morgan fingerprint density at radius 1 is 0.950 bits per heavy atom. The summed E-state index contributed by atoms with van der Waals surface area (Å²) in [5, 5.41) is 11.4. The molecule has 40 heavy (non-hydrogen) atoms. The molecule has 1 unspecified atom stereocenters. The number of anilines is 4. The van der Waals surface area contributed by atoms with Crippen LogP contribution in [0.5, 0.6) is 0 Å². The van der Waals surface area contributed by atoms with Crippen molar-refractivity contribution in [1.29, 1.82) is 0 Å². The molecule has 0 aliphatic carbocycles. The van der Waals surface area contributed by atoms with Gasteiger partial charge in [0.15, 0.2) is 0 Å². The fraction of sp³-hybridized carbons (Fsp3) is 0.0714. The van der Waals surface area contributed by atoms with Gasteiger partial charge in [-0.15, -0.1) is 11.3 Å². The van der Waals surface area contributed by atoms with Gasteiger partial charge in [-0.1, -0.05) is 36.4 Å². The summed E-state index contributed by atoms with van der Waals surface area (Å²) in [5.41, 5.74) is 18.6. The van der Waals surface area contributed by atoms with E-state index in [0.717, 1.165) is 37.9 Å². The van der Waals surface area contributed by atoms with Crippen molar-refractivity contribution in [2.24, 2.45) is 5.73 Å². The number of rotatable bonds is 9. The molecule has 3 aromatic carbocycles. The van der Waals surface area contributed by atoms with Gasteiger partial charge in [0.1, 0.15) is 12.5 Å². The standard InChI is InChI=1S/C28H26N6O4S2/c29-13-17-3-1-6-22(11-17)34-28(35)33-20-9-7-18(8-10-20)24-15-39-26-23(14-31-27(30)25(24)26)19-4-2-5-21(12-19)32-16-38-40(36)37/h1-12,14-15,32H,13,16,29H2,(H2,30,31)(H,36,37)(H2,33,34,35)/p-1. The highest BCUT2D eigenvalue weighted by Gasteiger charge is 2.16. The first-order valence-corrected chi connectivity index (χ1v) is 14.0. The first-order valence-electron chi connectivity index (χ1n) is 12.1. The van der Waals surface area contributed by atoms with Crippen LogP contribution in [0, 0.1) is 0 Å². The van der Waals surface area contributed by atoms with Crippen LogP contribution in [0.2, 0.25) is 0 Å². The highest BCUT2D eigenvalue weighted by Crippen LogP contribution is 2.42. The van der Waals surface area contributed by atoms with Crippen LogP contribution < -0.4 is 27.4 Å². The molecule has 0 radical (unpaired) electrons. The molecule has 0 aliphatic heterocycles. The fourth-order valence-electron chi connectivity index (χ4n) is 4.25. The number of hydrogen-bond donors (Lipinski definition) is 5. The van der Waals surface area contributed by atoms with E-state index in [9.17, 15) is 13.6 Å². The van der Waals surface area contributed by atoms with Crippen molar-refractivity contribution >= 4 is 61.7 Å². The Morgan fingerprint density at radius 3 is 2.48 bits per heavy atom. The smallest absolute Gasteiger partial charge is 0.323 e. The summed E-state index contributed by atoms with van der Waals surface area (Å²) in [6.45, 7) is 0.218. The van der Waals surface area contributed by atoms with E-state index in [4.69, 9.17) is 11.5 Å². The van der Waals surface area contributed by atoms with Gasteiger partial charge in [-0.3, -0.25) is 4.18 Å². The number of aromatic nitrogens is 1. The van der Waals surface area contributed by atoms with Crippen molar-refractivity contribution in [3.63, 3.8) is 0 Å². The van der Waals surface area contributed by atoms with Crippen LogP contribution in [0.15, 0.2) is 84.4 Å². The zero-order valence-electron chi connectivity index (χ0n) is 21.0. The van der Waals surface area contributed by atoms with E-state index >= 15 is 0 Å². The Morgan fingerprint density at radius 2 is 1.70 bits per heavy atom. The van der Waals surface area contributed by atoms with Crippen LogP contribution in [-0.4, -0.2) is 26.5 Å². The molecule has 2 heterocycles. The molecule has 204 valence electrons. The predicted octanol–water partition coefficient (Wildman–Crippen LogP) is 5.50. The van der Waals surface area contributed by atoms with Gasteiger partial charge in [0.2, 0.25) is 0 Å². The molecular weight excluding hydrogens is 548 g/mol. The van der Waals surface area contributed by atoms with Crippen LogP contribution in [0.3, 0.4) is 0 Å². The number of thiophene rings is 1. The molecule has 10 nitrogen and oxygen atoms in total. The van der Waals surface area contributed by atoms with Gasteiger partial charge in [0, 0.05) is 51.0 Å². The van der Waals surface area contributed by atoms with Crippen LogP contribution in [0.1, 0.15) is 5.56 Å². The molecule has 0 bridgehead atoms. The van der Waals surface area contributed by atoms with E-state index in [1.807, 2.05) is 72.1 Å². The SMILES string of the molecule is NCc1cccc(NC(=O)Nc2ccc(-c3csc4c(-c5cccc(NCOS(=O)[O-])c5)cnc(N)c34)cc2)c1. The normalized spacial score (nSPS) is 11.8. The van der Waals surface area contributed by atoms with Gasteiger partial charge in [-0.05, 0) is 58.5 Å². The van der Waals surface area contributed by atoms with Crippen molar-refractivity contribution in [2.75, 3.05) is 28.4 Å². The van der Waals surface area contributed by atoms with E-state index in [1.54, 1.807) is 23.6 Å². The van der Waals surface area contributed by atoms with E-state index in [-0.39, 0.29) is 12.8 Å². The summed E-state index contributed by atoms with van der Waals surface area (Å²) in [6.07, 6.45) is 1.73. The molecule has 0 aliphatic rings. The van der Waals surface area contributed by atoms with Crippen LogP contribution in [0.25, 0.3) is 32.3 Å². The minimum atomic E-state index is -2.59.